The van der Waals surface area contributed by atoms with E-state index in [9.17, 15) is 9.90 Å². The van der Waals surface area contributed by atoms with Gasteiger partial charge < -0.3 is 5.11 Å². The van der Waals surface area contributed by atoms with Gasteiger partial charge >= 0.3 is 0 Å². The van der Waals surface area contributed by atoms with E-state index in [1.54, 1.807) is 0 Å². The lowest BCUT2D eigenvalue weighted by Gasteiger charge is -2.09. The van der Waals surface area contributed by atoms with Crippen molar-refractivity contribution in [1.82, 2.24) is 0 Å². The number of hydrogen-bond donors (Lipinski definition) is 1. The van der Waals surface area contributed by atoms with Crippen LogP contribution in [0.25, 0.3) is 0 Å². The van der Waals surface area contributed by atoms with Crippen LogP contribution in [0.15, 0.2) is 60.7 Å². The Hall–Kier alpha value is -1.93. The molecule has 0 heterocycles. The Kier molecular flexibility index (Phi) is 4.26. The molecule has 92 valence electrons. The number of aliphatic hydroxyl groups is 1. The van der Waals surface area contributed by atoms with Crippen molar-refractivity contribution >= 4 is 5.78 Å². The fourth-order valence-electron chi connectivity index (χ4n) is 1.87. The van der Waals surface area contributed by atoms with Crippen molar-refractivity contribution in [2.24, 2.45) is 0 Å². The number of Topliss-reactive ketones (excluding diaryl/α,β-unsaturated/α-hetero) is 1. The SMILES string of the molecule is O=C(Cc1ccccc1)[C@@H](O)Cc1ccccc1. The minimum absolute atomic E-state index is 0.134. The molecule has 0 amide bonds. The first-order valence-corrected chi connectivity index (χ1v) is 6.04. The molecule has 2 heteroatoms. The summed E-state index contributed by atoms with van der Waals surface area (Å²) < 4.78 is 0. The van der Waals surface area contributed by atoms with Gasteiger partial charge in [-0.3, -0.25) is 4.79 Å². The quantitative estimate of drug-likeness (QED) is 0.871. The zero-order chi connectivity index (χ0) is 12.8. The predicted molar refractivity (Wildman–Crippen MR) is 71.3 cm³/mol. The van der Waals surface area contributed by atoms with Crippen LogP contribution in [0.3, 0.4) is 0 Å². The molecule has 2 rings (SSSR count). The van der Waals surface area contributed by atoms with Crippen LogP contribution < -0.4 is 0 Å². The van der Waals surface area contributed by atoms with Crippen molar-refractivity contribution in [2.45, 2.75) is 18.9 Å². The third-order valence-electron chi connectivity index (χ3n) is 2.86. The summed E-state index contributed by atoms with van der Waals surface area (Å²) >= 11 is 0. The third-order valence-corrected chi connectivity index (χ3v) is 2.86. The number of aliphatic hydroxyl groups excluding tert-OH is 1. The number of ketones is 1. The van der Waals surface area contributed by atoms with Gasteiger partial charge in [-0.1, -0.05) is 60.7 Å². The monoisotopic (exact) mass is 240 g/mol. The summed E-state index contributed by atoms with van der Waals surface area (Å²) in [5, 5.41) is 9.88. The summed E-state index contributed by atoms with van der Waals surface area (Å²) in [7, 11) is 0. The van der Waals surface area contributed by atoms with Crippen LogP contribution in [0.4, 0.5) is 0 Å². The van der Waals surface area contributed by atoms with E-state index in [-0.39, 0.29) is 12.2 Å². The second-order valence-electron chi connectivity index (χ2n) is 4.33. The normalized spacial score (nSPS) is 12.1. The fourth-order valence-corrected chi connectivity index (χ4v) is 1.87. The van der Waals surface area contributed by atoms with Crippen LogP contribution >= 0.6 is 0 Å². The molecule has 0 aromatic heterocycles. The molecular weight excluding hydrogens is 224 g/mol. The highest BCUT2D eigenvalue weighted by molar-refractivity contribution is 5.85. The fraction of sp³-hybridized carbons (Fsp3) is 0.188. The van der Waals surface area contributed by atoms with Gasteiger partial charge in [0.2, 0.25) is 0 Å². The molecule has 0 saturated heterocycles. The maximum atomic E-state index is 11.9. The molecule has 0 aliphatic heterocycles. The molecule has 0 radical (unpaired) electrons. The summed E-state index contributed by atoms with van der Waals surface area (Å²) in [5.41, 5.74) is 1.92. The highest BCUT2D eigenvalue weighted by atomic mass is 16.3. The van der Waals surface area contributed by atoms with Gasteiger partial charge in [0.25, 0.3) is 0 Å². The first-order chi connectivity index (χ1) is 8.75. The van der Waals surface area contributed by atoms with Gasteiger partial charge in [0.1, 0.15) is 6.10 Å². The van der Waals surface area contributed by atoms with Gasteiger partial charge in [0.15, 0.2) is 5.78 Å². The first-order valence-electron chi connectivity index (χ1n) is 6.04. The van der Waals surface area contributed by atoms with E-state index in [0.29, 0.717) is 6.42 Å². The molecule has 0 saturated carbocycles. The lowest BCUT2D eigenvalue weighted by molar-refractivity contribution is -0.126. The number of carbonyl (C=O) groups is 1. The standard InChI is InChI=1S/C16H16O2/c17-15(11-13-7-3-1-4-8-13)16(18)12-14-9-5-2-6-10-14/h1-10,15,17H,11-12H2/t15-/m0/s1. The lowest BCUT2D eigenvalue weighted by atomic mass is 10.0. The summed E-state index contributed by atoms with van der Waals surface area (Å²) in [6, 6.07) is 19.1. The van der Waals surface area contributed by atoms with E-state index in [1.807, 2.05) is 60.7 Å². The topological polar surface area (TPSA) is 37.3 Å². The Bertz CT molecular complexity index is 491. The maximum absolute atomic E-state index is 11.9. The van der Waals surface area contributed by atoms with Gasteiger partial charge in [0.05, 0.1) is 0 Å². The maximum Gasteiger partial charge on any atom is 0.165 e. The van der Waals surface area contributed by atoms with Crippen molar-refractivity contribution < 1.29 is 9.90 Å². The van der Waals surface area contributed by atoms with Crippen LogP contribution in [-0.4, -0.2) is 17.0 Å². The van der Waals surface area contributed by atoms with Gasteiger partial charge in [-0.05, 0) is 11.1 Å². The molecule has 0 bridgehead atoms. The van der Waals surface area contributed by atoms with Crippen molar-refractivity contribution in [3.05, 3.63) is 71.8 Å². The van der Waals surface area contributed by atoms with Gasteiger partial charge in [-0.25, -0.2) is 0 Å². The largest absolute Gasteiger partial charge is 0.385 e. The van der Waals surface area contributed by atoms with Crippen LogP contribution in [-0.2, 0) is 17.6 Å². The Morgan fingerprint density at radius 3 is 1.94 bits per heavy atom. The molecule has 0 aliphatic carbocycles. The molecule has 0 aliphatic rings. The highest BCUT2D eigenvalue weighted by Gasteiger charge is 2.15. The van der Waals surface area contributed by atoms with Crippen molar-refractivity contribution in [3.63, 3.8) is 0 Å². The Morgan fingerprint density at radius 1 is 0.889 bits per heavy atom. The molecule has 0 spiro atoms. The summed E-state index contributed by atoms with van der Waals surface area (Å²) in [5.74, 6) is -0.134. The molecule has 0 unspecified atom stereocenters. The Balaban J connectivity index is 1.93. The molecule has 1 atom stereocenters. The van der Waals surface area contributed by atoms with Crippen LogP contribution in [0.2, 0.25) is 0 Å². The molecule has 1 N–H and O–H groups in total. The minimum Gasteiger partial charge on any atom is -0.385 e. The predicted octanol–water partition coefficient (Wildman–Crippen LogP) is 2.40. The minimum atomic E-state index is -0.924. The lowest BCUT2D eigenvalue weighted by Crippen LogP contribution is -2.24. The Morgan fingerprint density at radius 2 is 1.39 bits per heavy atom. The molecule has 2 aromatic rings. The molecule has 2 aromatic carbocycles. The number of rotatable bonds is 5. The van der Waals surface area contributed by atoms with Gasteiger partial charge in [0, 0.05) is 12.8 Å². The average Bonchev–Trinajstić information content (AvgIpc) is 2.41. The van der Waals surface area contributed by atoms with Crippen LogP contribution in [0, 0.1) is 0 Å². The Labute approximate surface area is 107 Å². The molecular formula is C16H16O2. The second-order valence-corrected chi connectivity index (χ2v) is 4.33. The van der Waals surface area contributed by atoms with E-state index in [2.05, 4.69) is 0 Å². The van der Waals surface area contributed by atoms with E-state index in [4.69, 9.17) is 0 Å². The first kappa shape index (κ1) is 12.5. The number of carbonyl (C=O) groups excluding carboxylic acids is 1. The zero-order valence-electron chi connectivity index (χ0n) is 10.1. The number of hydrogen-bond acceptors (Lipinski definition) is 2. The highest BCUT2D eigenvalue weighted by Crippen LogP contribution is 2.07. The average molecular weight is 240 g/mol. The van der Waals surface area contributed by atoms with Crippen molar-refractivity contribution in [3.8, 4) is 0 Å². The summed E-state index contributed by atoms with van der Waals surface area (Å²) in [6.07, 6.45) is -0.256. The molecule has 18 heavy (non-hydrogen) atoms. The van der Waals surface area contributed by atoms with Crippen LogP contribution in [0.5, 0.6) is 0 Å². The van der Waals surface area contributed by atoms with Crippen molar-refractivity contribution in [1.29, 1.82) is 0 Å². The van der Waals surface area contributed by atoms with Gasteiger partial charge in [-0.15, -0.1) is 0 Å². The van der Waals surface area contributed by atoms with E-state index in [1.165, 1.54) is 0 Å². The summed E-state index contributed by atoms with van der Waals surface area (Å²) in [4.78, 5) is 11.9. The van der Waals surface area contributed by atoms with Crippen LogP contribution in [0.1, 0.15) is 11.1 Å². The third kappa shape index (κ3) is 3.54. The van der Waals surface area contributed by atoms with E-state index in [0.717, 1.165) is 11.1 Å². The number of benzene rings is 2. The van der Waals surface area contributed by atoms with E-state index >= 15 is 0 Å². The zero-order valence-corrected chi connectivity index (χ0v) is 10.1. The summed E-state index contributed by atoms with van der Waals surface area (Å²) in [6.45, 7) is 0. The van der Waals surface area contributed by atoms with Gasteiger partial charge in [-0.2, -0.15) is 0 Å². The molecule has 0 fully saturated rings. The smallest absolute Gasteiger partial charge is 0.165 e. The second kappa shape index (κ2) is 6.12. The van der Waals surface area contributed by atoms with Crippen molar-refractivity contribution in [2.75, 3.05) is 0 Å². The molecule has 2 nitrogen and oxygen atoms in total. The van der Waals surface area contributed by atoms with E-state index < -0.39 is 6.10 Å².